The van der Waals surface area contributed by atoms with Crippen molar-refractivity contribution in [2.75, 3.05) is 20.3 Å². The maximum Gasteiger partial charge on any atom is 0.191 e. The average Bonchev–Trinajstić information content (AvgIpc) is 2.62. The molecule has 0 saturated carbocycles. The monoisotopic (exact) mass is 491 g/mol. The molecule has 1 aliphatic heterocycles. The molecular weight excluding hydrogens is 472 g/mol. The Kier molecular flexibility index (Phi) is 7.77. The third kappa shape index (κ3) is 5.38. The SMILES string of the molecule is CN=C(NCc1cccc(F)c1)NCc1cc(Cl)c2c(c1)OCCO2.I. The van der Waals surface area contributed by atoms with Crippen LogP contribution in [0, 0.1) is 5.82 Å². The van der Waals surface area contributed by atoms with Crippen LogP contribution in [0.3, 0.4) is 0 Å². The number of nitrogens with zero attached hydrogens (tertiary/aromatic N) is 1. The lowest BCUT2D eigenvalue weighted by Gasteiger charge is -2.20. The van der Waals surface area contributed by atoms with Crippen molar-refractivity contribution < 1.29 is 13.9 Å². The van der Waals surface area contributed by atoms with E-state index in [1.54, 1.807) is 13.1 Å². The number of nitrogens with one attached hydrogen (secondary N) is 2. The van der Waals surface area contributed by atoms with Gasteiger partial charge in [-0.05, 0) is 35.4 Å². The fraction of sp³-hybridized carbons (Fsp3) is 0.278. The van der Waals surface area contributed by atoms with Crippen LogP contribution in [0.4, 0.5) is 4.39 Å². The molecule has 0 spiro atoms. The molecule has 0 fully saturated rings. The van der Waals surface area contributed by atoms with Crippen LogP contribution in [0.15, 0.2) is 41.4 Å². The molecular formula is C18H20ClFIN3O2. The van der Waals surface area contributed by atoms with Crippen molar-refractivity contribution >= 4 is 41.5 Å². The molecule has 8 heteroatoms. The van der Waals surface area contributed by atoms with Crippen molar-refractivity contribution in [1.82, 2.24) is 10.6 Å². The number of aliphatic imine (C=N–C) groups is 1. The van der Waals surface area contributed by atoms with Crippen molar-refractivity contribution in [1.29, 1.82) is 0 Å². The van der Waals surface area contributed by atoms with Crippen LogP contribution in [0.2, 0.25) is 5.02 Å². The maximum absolute atomic E-state index is 13.2. The minimum absolute atomic E-state index is 0. The number of hydrogen-bond donors (Lipinski definition) is 2. The lowest BCUT2D eigenvalue weighted by molar-refractivity contribution is 0.171. The van der Waals surface area contributed by atoms with Crippen LogP contribution < -0.4 is 20.1 Å². The Morgan fingerprint density at radius 2 is 1.85 bits per heavy atom. The Balaban J connectivity index is 0.00000243. The molecule has 0 amide bonds. The highest BCUT2D eigenvalue weighted by atomic mass is 127. The number of halogens is 3. The third-order valence-corrected chi connectivity index (χ3v) is 3.97. The van der Waals surface area contributed by atoms with Crippen LogP contribution in [-0.4, -0.2) is 26.2 Å². The summed E-state index contributed by atoms with van der Waals surface area (Å²) in [5.41, 5.74) is 1.79. The van der Waals surface area contributed by atoms with E-state index >= 15 is 0 Å². The zero-order valence-electron chi connectivity index (χ0n) is 14.2. The second-order valence-corrected chi connectivity index (χ2v) is 5.92. The molecule has 0 bridgehead atoms. The molecule has 0 unspecified atom stereocenters. The molecule has 0 atom stereocenters. The second-order valence-electron chi connectivity index (χ2n) is 5.51. The minimum Gasteiger partial charge on any atom is -0.486 e. The summed E-state index contributed by atoms with van der Waals surface area (Å²) >= 11 is 6.24. The molecule has 5 nitrogen and oxygen atoms in total. The summed E-state index contributed by atoms with van der Waals surface area (Å²) in [6.45, 7) is 2.00. The van der Waals surface area contributed by atoms with Gasteiger partial charge in [-0.15, -0.1) is 24.0 Å². The van der Waals surface area contributed by atoms with Crippen molar-refractivity contribution in [3.8, 4) is 11.5 Å². The first kappa shape index (κ1) is 20.6. The van der Waals surface area contributed by atoms with Gasteiger partial charge in [0.25, 0.3) is 0 Å². The van der Waals surface area contributed by atoms with Crippen LogP contribution in [0.1, 0.15) is 11.1 Å². The molecule has 2 aromatic carbocycles. The molecule has 0 saturated heterocycles. The molecule has 1 aliphatic rings. The summed E-state index contributed by atoms with van der Waals surface area (Å²) in [5.74, 6) is 1.59. The van der Waals surface area contributed by atoms with E-state index in [9.17, 15) is 4.39 Å². The second kappa shape index (κ2) is 9.82. The van der Waals surface area contributed by atoms with Gasteiger partial charge in [0.15, 0.2) is 17.5 Å². The van der Waals surface area contributed by atoms with Gasteiger partial charge in [0.1, 0.15) is 19.0 Å². The Morgan fingerprint density at radius 3 is 2.58 bits per heavy atom. The molecule has 0 aromatic heterocycles. The normalized spacial score (nSPS) is 13.0. The van der Waals surface area contributed by atoms with E-state index in [1.165, 1.54) is 12.1 Å². The fourth-order valence-electron chi connectivity index (χ4n) is 2.51. The van der Waals surface area contributed by atoms with Crippen LogP contribution in [-0.2, 0) is 13.1 Å². The first-order valence-electron chi connectivity index (χ1n) is 7.92. The number of benzene rings is 2. The summed E-state index contributed by atoms with van der Waals surface area (Å²) in [6, 6.07) is 10.2. The summed E-state index contributed by atoms with van der Waals surface area (Å²) in [7, 11) is 1.68. The summed E-state index contributed by atoms with van der Waals surface area (Å²) in [4.78, 5) is 4.16. The topological polar surface area (TPSA) is 54.9 Å². The van der Waals surface area contributed by atoms with Crippen molar-refractivity contribution in [2.45, 2.75) is 13.1 Å². The Hall–Kier alpha value is -1.74. The lowest BCUT2D eigenvalue weighted by atomic mass is 10.2. The molecule has 3 rings (SSSR count). The zero-order chi connectivity index (χ0) is 17.6. The number of rotatable bonds is 4. The summed E-state index contributed by atoms with van der Waals surface area (Å²) in [6.07, 6.45) is 0. The highest BCUT2D eigenvalue weighted by molar-refractivity contribution is 14.0. The molecule has 2 aromatic rings. The quantitative estimate of drug-likeness (QED) is 0.389. The van der Waals surface area contributed by atoms with Gasteiger partial charge >= 0.3 is 0 Å². The number of ether oxygens (including phenoxy) is 2. The van der Waals surface area contributed by atoms with Gasteiger partial charge in [-0.25, -0.2) is 4.39 Å². The fourth-order valence-corrected chi connectivity index (χ4v) is 2.79. The van der Waals surface area contributed by atoms with E-state index in [1.807, 2.05) is 18.2 Å². The summed E-state index contributed by atoms with van der Waals surface area (Å²) < 4.78 is 24.3. The van der Waals surface area contributed by atoms with E-state index in [0.717, 1.165) is 11.1 Å². The van der Waals surface area contributed by atoms with E-state index in [4.69, 9.17) is 21.1 Å². The number of hydrogen-bond acceptors (Lipinski definition) is 3. The first-order valence-corrected chi connectivity index (χ1v) is 8.30. The van der Waals surface area contributed by atoms with Crippen molar-refractivity contribution in [2.24, 2.45) is 4.99 Å². The zero-order valence-corrected chi connectivity index (χ0v) is 17.3. The van der Waals surface area contributed by atoms with Crippen LogP contribution in [0.5, 0.6) is 11.5 Å². The lowest BCUT2D eigenvalue weighted by Crippen LogP contribution is -2.36. The van der Waals surface area contributed by atoms with Crippen LogP contribution in [0.25, 0.3) is 0 Å². The van der Waals surface area contributed by atoms with Gasteiger partial charge in [0.05, 0.1) is 5.02 Å². The van der Waals surface area contributed by atoms with E-state index in [2.05, 4.69) is 15.6 Å². The van der Waals surface area contributed by atoms with Gasteiger partial charge < -0.3 is 20.1 Å². The number of fused-ring (bicyclic) bond motifs is 1. The smallest absolute Gasteiger partial charge is 0.191 e. The predicted octanol–water partition coefficient (Wildman–Crippen LogP) is 3.73. The standard InChI is InChI=1S/C18H19ClFN3O2.HI/c1-21-18(22-10-12-3-2-4-14(20)7-12)23-11-13-8-15(19)17-16(9-13)24-5-6-25-17;/h2-4,7-9H,5-6,10-11H2,1H3,(H2,21,22,23);1H. The third-order valence-electron chi connectivity index (χ3n) is 3.69. The Bertz CT molecular complexity index is 789. The van der Waals surface area contributed by atoms with Gasteiger partial charge in [0, 0.05) is 20.1 Å². The highest BCUT2D eigenvalue weighted by Gasteiger charge is 2.16. The maximum atomic E-state index is 13.2. The molecule has 0 aliphatic carbocycles. The summed E-state index contributed by atoms with van der Waals surface area (Å²) in [5, 5.41) is 6.86. The Labute approximate surface area is 174 Å². The molecule has 140 valence electrons. The molecule has 2 N–H and O–H groups in total. The largest absolute Gasteiger partial charge is 0.486 e. The number of guanidine groups is 1. The van der Waals surface area contributed by atoms with E-state index in [0.29, 0.717) is 48.8 Å². The van der Waals surface area contributed by atoms with Crippen LogP contribution >= 0.6 is 35.6 Å². The molecule has 26 heavy (non-hydrogen) atoms. The van der Waals surface area contributed by atoms with Crippen molar-refractivity contribution in [3.05, 3.63) is 58.4 Å². The van der Waals surface area contributed by atoms with Gasteiger partial charge in [-0.2, -0.15) is 0 Å². The highest BCUT2D eigenvalue weighted by Crippen LogP contribution is 2.38. The molecule has 0 radical (unpaired) electrons. The van der Waals surface area contributed by atoms with Gasteiger partial charge in [-0.3, -0.25) is 4.99 Å². The van der Waals surface area contributed by atoms with Gasteiger partial charge in [0.2, 0.25) is 0 Å². The van der Waals surface area contributed by atoms with Gasteiger partial charge in [-0.1, -0.05) is 23.7 Å². The molecule has 1 heterocycles. The van der Waals surface area contributed by atoms with Crippen molar-refractivity contribution in [3.63, 3.8) is 0 Å². The van der Waals surface area contributed by atoms with E-state index in [-0.39, 0.29) is 29.8 Å². The first-order chi connectivity index (χ1) is 12.2. The van der Waals surface area contributed by atoms with E-state index < -0.39 is 0 Å². The Morgan fingerprint density at radius 1 is 1.12 bits per heavy atom. The predicted molar refractivity (Wildman–Crippen MR) is 111 cm³/mol. The minimum atomic E-state index is -0.256. The average molecular weight is 492 g/mol.